The second-order valence-electron chi connectivity index (χ2n) is 6.37. The van der Waals surface area contributed by atoms with E-state index in [1.54, 1.807) is 0 Å². The summed E-state index contributed by atoms with van der Waals surface area (Å²) in [5.74, 6) is 0. The van der Waals surface area contributed by atoms with Crippen LogP contribution >= 0.6 is 38.5 Å². The van der Waals surface area contributed by atoms with Gasteiger partial charge in [-0.2, -0.15) is 5.10 Å². The quantitative estimate of drug-likeness (QED) is 0.272. The zero-order chi connectivity index (χ0) is 15.9. The zero-order valence-corrected chi connectivity index (χ0v) is 17.8. The highest BCUT2D eigenvalue weighted by atomic mass is 127. The average molecular weight is 469 g/mol. The molecule has 0 aromatic carbocycles. The Balaban J connectivity index is 2.79. The first-order chi connectivity index (χ1) is 9.96. The minimum atomic E-state index is 0.162. The first-order valence-electron chi connectivity index (χ1n) is 8.37. The van der Waals surface area contributed by atoms with Gasteiger partial charge in [-0.1, -0.05) is 58.8 Å². The fourth-order valence-electron chi connectivity index (χ4n) is 2.84. The molecule has 1 unspecified atom stereocenters. The third-order valence-electron chi connectivity index (χ3n) is 4.33. The fourth-order valence-corrected chi connectivity index (χ4v) is 4.17. The summed E-state index contributed by atoms with van der Waals surface area (Å²) in [4.78, 5) is 0. The lowest BCUT2D eigenvalue weighted by Crippen LogP contribution is -2.32. The lowest BCUT2D eigenvalue weighted by atomic mass is 9.89. The predicted octanol–water partition coefficient (Wildman–Crippen LogP) is 6.82. The molecule has 1 rings (SSSR count). The third kappa shape index (κ3) is 5.52. The molecule has 0 spiro atoms. The van der Waals surface area contributed by atoms with Crippen LogP contribution in [-0.2, 0) is 5.54 Å². The molecule has 1 atom stereocenters. The van der Waals surface area contributed by atoms with Gasteiger partial charge in [-0.15, -0.1) is 0 Å². The summed E-state index contributed by atoms with van der Waals surface area (Å²) in [6.07, 6.45) is 11.7. The molecule has 0 radical (unpaired) electrons. The molecule has 1 aromatic rings. The third-order valence-corrected chi connectivity index (χ3v) is 7.02. The molecule has 1 aromatic heterocycles. The van der Waals surface area contributed by atoms with Crippen molar-refractivity contribution in [3.05, 3.63) is 13.9 Å². The van der Waals surface area contributed by atoms with Crippen LogP contribution in [0, 0.1) is 10.6 Å². The van der Waals surface area contributed by atoms with Gasteiger partial charge >= 0.3 is 0 Å². The van der Waals surface area contributed by atoms with Gasteiger partial charge in [-0.05, 0) is 65.2 Å². The normalized spacial score (nSPS) is 14.4. The highest BCUT2D eigenvalue weighted by Crippen LogP contribution is 2.34. The molecule has 2 nitrogen and oxygen atoms in total. The number of aromatic nitrogens is 2. The highest BCUT2D eigenvalue weighted by Gasteiger charge is 2.29. The summed E-state index contributed by atoms with van der Waals surface area (Å²) < 4.78 is 4.69. The molecule has 122 valence electrons. The van der Waals surface area contributed by atoms with E-state index in [2.05, 4.69) is 70.9 Å². The van der Waals surface area contributed by atoms with Gasteiger partial charge in [0.25, 0.3) is 0 Å². The van der Waals surface area contributed by atoms with E-state index < -0.39 is 0 Å². The van der Waals surface area contributed by atoms with E-state index in [9.17, 15) is 0 Å². The van der Waals surface area contributed by atoms with E-state index in [1.165, 1.54) is 61.5 Å². The Kier molecular flexibility index (Phi) is 8.84. The van der Waals surface area contributed by atoms with E-state index in [-0.39, 0.29) is 5.54 Å². The molecule has 21 heavy (non-hydrogen) atoms. The fraction of sp³-hybridized carbons (Fsp3) is 0.824. The molecule has 0 aliphatic carbocycles. The number of nitrogens with zero attached hydrogens (tertiary/aromatic N) is 2. The number of rotatable bonds is 10. The van der Waals surface area contributed by atoms with Crippen molar-refractivity contribution in [2.45, 2.75) is 91.0 Å². The van der Waals surface area contributed by atoms with Gasteiger partial charge in [0.2, 0.25) is 0 Å². The second kappa shape index (κ2) is 9.53. The highest BCUT2D eigenvalue weighted by molar-refractivity contribution is 14.1. The average Bonchev–Trinajstić information content (AvgIpc) is 2.73. The molecule has 0 aliphatic rings. The van der Waals surface area contributed by atoms with Crippen LogP contribution in [0.15, 0.2) is 4.47 Å². The molecule has 0 bridgehead atoms. The lowest BCUT2D eigenvalue weighted by molar-refractivity contribution is 0.223. The van der Waals surface area contributed by atoms with Crippen LogP contribution in [-0.4, -0.2) is 9.78 Å². The van der Waals surface area contributed by atoms with Crippen molar-refractivity contribution in [1.82, 2.24) is 9.78 Å². The molecule has 1 heterocycles. The van der Waals surface area contributed by atoms with E-state index in [0.29, 0.717) is 0 Å². The van der Waals surface area contributed by atoms with Gasteiger partial charge in [0.15, 0.2) is 0 Å². The maximum atomic E-state index is 4.81. The molecule has 0 N–H and O–H groups in total. The summed E-state index contributed by atoms with van der Waals surface area (Å²) in [7, 11) is 0. The number of hydrogen-bond donors (Lipinski definition) is 0. The minimum Gasteiger partial charge on any atom is -0.252 e. The van der Waals surface area contributed by atoms with Crippen molar-refractivity contribution >= 4 is 38.5 Å². The standard InChI is InChI=1S/C17H30BrIN2/c1-5-7-9-10-11-13-17(4,12-8-6-2)21-16(19)15(18)14(3)20-21/h5-13H2,1-4H3. The Hall–Kier alpha value is 0.420. The summed E-state index contributed by atoms with van der Waals surface area (Å²) >= 11 is 6.10. The molecular weight excluding hydrogens is 439 g/mol. The second-order valence-corrected chi connectivity index (χ2v) is 8.18. The summed E-state index contributed by atoms with van der Waals surface area (Å²) in [6.45, 7) is 9.03. The van der Waals surface area contributed by atoms with Gasteiger partial charge in [-0.25, -0.2) is 0 Å². The van der Waals surface area contributed by atoms with E-state index >= 15 is 0 Å². The Morgan fingerprint density at radius 2 is 1.62 bits per heavy atom. The van der Waals surface area contributed by atoms with Crippen molar-refractivity contribution in [3.63, 3.8) is 0 Å². The van der Waals surface area contributed by atoms with Gasteiger partial charge in [0, 0.05) is 0 Å². The van der Waals surface area contributed by atoms with E-state index in [4.69, 9.17) is 5.10 Å². The zero-order valence-electron chi connectivity index (χ0n) is 14.0. The molecule has 0 aliphatic heterocycles. The SMILES string of the molecule is CCCCCCCC(C)(CCCC)n1nc(C)c(Br)c1I. The summed E-state index contributed by atoms with van der Waals surface area (Å²) in [6, 6.07) is 0. The van der Waals surface area contributed by atoms with Crippen LogP contribution < -0.4 is 0 Å². The van der Waals surface area contributed by atoms with Crippen LogP contribution in [0.3, 0.4) is 0 Å². The van der Waals surface area contributed by atoms with Crippen LogP contribution in [0.1, 0.15) is 84.3 Å². The van der Waals surface area contributed by atoms with Gasteiger partial charge in [0.05, 0.1) is 15.7 Å². The van der Waals surface area contributed by atoms with Gasteiger partial charge in [0.1, 0.15) is 3.70 Å². The van der Waals surface area contributed by atoms with Crippen LogP contribution in [0.5, 0.6) is 0 Å². The number of hydrogen-bond acceptors (Lipinski definition) is 1. The predicted molar refractivity (Wildman–Crippen MR) is 104 cm³/mol. The Morgan fingerprint density at radius 1 is 1.05 bits per heavy atom. The smallest absolute Gasteiger partial charge is 0.114 e. The number of halogens is 2. The van der Waals surface area contributed by atoms with E-state index in [1.807, 2.05) is 0 Å². The number of unbranched alkanes of at least 4 members (excludes halogenated alkanes) is 5. The first kappa shape index (κ1) is 19.5. The Labute approximate surface area is 152 Å². The van der Waals surface area contributed by atoms with Crippen molar-refractivity contribution in [2.75, 3.05) is 0 Å². The first-order valence-corrected chi connectivity index (χ1v) is 10.2. The van der Waals surface area contributed by atoms with Crippen molar-refractivity contribution < 1.29 is 0 Å². The molecule has 0 amide bonds. The molecule has 0 saturated carbocycles. The van der Waals surface area contributed by atoms with Crippen LogP contribution in [0.2, 0.25) is 0 Å². The summed E-state index contributed by atoms with van der Waals surface area (Å²) in [5.41, 5.74) is 1.27. The van der Waals surface area contributed by atoms with Gasteiger partial charge < -0.3 is 0 Å². The Morgan fingerprint density at radius 3 is 2.14 bits per heavy atom. The van der Waals surface area contributed by atoms with Crippen LogP contribution in [0.25, 0.3) is 0 Å². The maximum absolute atomic E-state index is 4.81. The van der Waals surface area contributed by atoms with Crippen LogP contribution in [0.4, 0.5) is 0 Å². The molecule has 0 saturated heterocycles. The largest absolute Gasteiger partial charge is 0.252 e. The number of aryl methyl sites for hydroxylation is 1. The van der Waals surface area contributed by atoms with Crippen molar-refractivity contribution in [2.24, 2.45) is 0 Å². The monoisotopic (exact) mass is 468 g/mol. The summed E-state index contributed by atoms with van der Waals surface area (Å²) in [5, 5.41) is 4.81. The molecular formula is C17H30BrIN2. The molecule has 4 heteroatoms. The van der Waals surface area contributed by atoms with Crippen molar-refractivity contribution in [1.29, 1.82) is 0 Å². The van der Waals surface area contributed by atoms with E-state index in [0.717, 1.165) is 10.2 Å². The Bertz CT molecular complexity index is 431. The van der Waals surface area contributed by atoms with Gasteiger partial charge in [-0.3, -0.25) is 4.68 Å². The maximum Gasteiger partial charge on any atom is 0.114 e. The topological polar surface area (TPSA) is 17.8 Å². The minimum absolute atomic E-state index is 0.162. The van der Waals surface area contributed by atoms with Crippen molar-refractivity contribution in [3.8, 4) is 0 Å². The molecule has 0 fully saturated rings. The lowest BCUT2D eigenvalue weighted by Gasteiger charge is -2.31.